The predicted molar refractivity (Wildman–Crippen MR) is 109 cm³/mol. The molecular formula is C19H31Cl2N3O2. The van der Waals surface area contributed by atoms with Crippen molar-refractivity contribution in [2.24, 2.45) is 0 Å². The fraction of sp³-hybridized carbons (Fsp3) is 0.632. The van der Waals surface area contributed by atoms with E-state index in [1.807, 2.05) is 0 Å². The fourth-order valence-corrected chi connectivity index (χ4v) is 3.35. The van der Waals surface area contributed by atoms with Crippen molar-refractivity contribution >= 4 is 30.7 Å². The molecule has 0 aromatic heterocycles. The second kappa shape index (κ2) is 12.5. The molecule has 2 aliphatic rings. The van der Waals surface area contributed by atoms with Crippen LogP contribution in [-0.4, -0.2) is 49.7 Å². The highest BCUT2D eigenvalue weighted by Crippen LogP contribution is 2.14. The minimum atomic E-state index is -0.360. The largest absolute Gasteiger partial charge is 0.366 e. The first-order valence-electron chi connectivity index (χ1n) is 9.21. The van der Waals surface area contributed by atoms with Crippen molar-refractivity contribution in [3.63, 3.8) is 0 Å². The van der Waals surface area contributed by atoms with E-state index in [1.54, 1.807) is 0 Å². The van der Waals surface area contributed by atoms with E-state index >= 15 is 0 Å². The van der Waals surface area contributed by atoms with Gasteiger partial charge < -0.3 is 15.4 Å². The fourth-order valence-electron chi connectivity index (χ4n) is 3.35. The van der Waals surface area contributed by atoms with Crippen molar-refractivity contribution in [3.05, 3.63) is 35.4 Å². The lowest BCUT2D eigenvalue weighted by molar-refractivity contribution is -0.134. The first kappa shape index (κ1) is 23.2. The van der Waals surface area contributed by atoms with Gasteiger partial charge in [0.05, 0.1) is 6.61 Å². The molecule has 1 aromatic carbocycles. The average Bonchev–Trinajstić information content (AvgIpc) is 2.90. The molecule has 0 radical (unpaired) electrons. The summed E-state index contributed by atoms with van der Waals surface area (Å²) in [4.78, 5) is 14.6. The summed E-state index contributed by atoms with van der Waals surface area (Å²) in [5.41, 5.74) is 2.48. The van der Waals surface area contributed by atoms with Crippen LogP contribution in [0.1, 0.15) is 36.8 Å². The minimum absolute atomic E-state index is 0. The highest BCUT2D eigenvalue weighted by Gasteiger charge is 2.21. The van der Waals surface area contributed by atoms with E-state index in [9.17, 15) is 4.79 Å². The van der Waals surface area contributed by atoms with Crippen LogP contribution in [0.2, 0.25) is 0 Å². The topological polar surface area (TPSA) is 53.6 Å². The molecule has 3 rings (SSSR count). The number of amides is 1. The van der Waals surface area contributed by atoms with Crippen molar-refractivity contribution in [1.82, 2.24) is 15.5 Å². The van der Waals surface area contributed by atoms with Crippen LogP contribution < -0.4 is 10.6 Å². The number of hydrogen-bond donors (Lipinski definition) is 2. The number of benzene rings is 1. The molecule has 5 nitrogen and oxygen atoms in total. The molecule has 0 saturated carbocycles. The number of morpholine rings is 1. The Morgan fingerprint density at radius 3 is 2.35 bits per heavy atom. The summed E-state index contributed by atoms with van der Waals surface area (Å²) in [6.07, 6.45) is 5.02. The molecule has 148 valence electrons. The number of halogens is 2. The maximum absolute atomic E-state index is 12.1. The van der Waals surface area contributed by atoms with Gasteiger partial charge in [-0.05, 0) is 37.1 Å². The third-order valence-corrected chi connectivity index (χ3v) is 4.81. The van der Waals surface area contributed by atoms with E-state index < -0.39 is 0 Å². The zero-order chi connectivity index (χ0) is 16.6. The van der Waals surface area contributed by atoms with E-state index in [2.05, 4.69) is 39.8 Å². The summed E-state index contributed by atoms with van der Waals surface area (Å²) in [5.74, 6) is -0.0316. The molecule has 2 fully saturated rings. The van der Waals surface area contributed by atoms with E-state index in [1.165, 1.54) is 44.3 Å². The second-order valence-corrected chi connectivity index (χ2v) is 6.79. The Labute approximate surface area is 169 Å². The molecule has 2 aliphatic heterocycles. The summed E-state index contributed by atoms with van der Waals surface area (Å²) in [6.45, 7) is 6.05. The predicted octanol–water partition coefficient (Wildman–Crippen LogP) is 2.51. The van der Waals surface area contributed by atoms with Gasteiger partial charge in [0.2, 0.25) is 0 Å². The summed E-state index contributed by atoms with van der Waals surface area (Å²) in [6, 6.07) is 8.61. The van der Waals surface area contributed by atoms with Gasteiger partial charge in [-0.25, -0.2) is 0 Å². The molecule has 1 unspecified atom stereocenters. The summed E-state index contributed by atoms with van der Waals surface area (Å²) >= 11 is 0. The van der Waals surface area contributed by atoms with Gasteiger partial charge in [-0.2, -0.15) is 0 Å². The Bertz CT molecular complexity index is 514. The van der Waals surface area contributed by atoms with E-state index in [-0.39, 0.29) is 36.8 Å². The number of carbonyl (C=O) groups excluding carboxylic acids is 1. The molecule has 1 aromatic rings. The first-order chi connectivity index (χ1) is 11.8. The van der Waals surface area contributed by atoms with Crippen LogP contribution in [0.15, 0.2) is 24.3 Å². The van der Waals surface area contributed by atoms with Crippen LogP contribution in [0.25, 0.3) is 0 Å². The molecule has 2 saturated heterocycles. The molecule has 2 heterocycles. The van der Waals surface area contributed by atoms with Gasteiger partial charge in [-0.1, -0.05) is 37.1 Å². The Morgan fingerprint density at radius 1 is 1.08 bits per heavy atom. The Hall–Kier alpha value is -0.850. The van der Waals surface area contributed by atoms with Crippen molar-refractivity contribution in [2.45, 2.75) is 44.9 Å². The number of nitrogens with zero attached hydrogens (tertiary/aromatic N) is 1. The average molecular weight is 404 g/mol. The van der Waals surface area contributed by atoms with Crippen molar-refractivity contribution in [2.75, 3.05) is 32.8 Å². The monoisotopic (exact) mass is 403 g/mol. The van der Waals surface area contributed by atoms with Gasteiger partial charge >= 0.3 is 0 Å². The Kier molecular flexibility index (Phi) is 11.2. The van der Waals surface area contributed by atoms with Gasteiger partial charge in [-0.15, -0.1) is 24.8 Å². The normalized spacial score (nSPS) is 21.0. The van der Waals surface area contributed by atoms with E-state index in [4.69, 9.17) is 4.74 Å². The third kappa shape index (κ3) is 7.41. The molecule has 0 aliphatic carbocycles. The third-order valence-electron chi connectivity index (χ3n) is 4.81. The minimum Gasteiger partial charge on any atom is -0.366 e. The van der Waals surface area contributed by atoms with Crippen LogP contribution in [-0.2, 0) is 22.6 Å². The quantitative estimate of drug-likeness (QED) is 0.792. The molecular weight excluding hydrogens is 373 g/mol. The number of nitrogens with one attached hydrogen (secondary N) is 2. The van der Waals surface area contributed by atoms with Crippen molar-refractivity contribution in [3.8, 4) is 0 Å². The number of rotatable bonds is 5. The first-order valence-corrected chi connectivity index (χ1v) is 9.21. The van der Waals surface area contributed by atoms with Crippen molar-refractivity contribution < 1.29 is 9.53 Å². The maximum Gasteiger partial charge on any atom is 0.250 e. The molecule has 2 N–H and O–H groups in total. The Morgan fingerprint density at radius 2 is 1.73 bits per heavy atom. The number of hydrogen-bond acceptors (Lipinski definition) is 4. The zero-order valence-corrected chi connectivity index (χ0v) is 16.9. The van der Waals surface area contributed by atoms with Gasteiger partial charge in [0.15, 0.2) is 0 Å². The standard InChI is InChI=1S/C19H29N3O2.2ClH/c23-19(18-14-20-9-12-24-18)21-13-16-5-7-17(8-6-16)15-22-10-3-1-2-4-11-22;;/h5-8,18,20H,1-4,9-15H2,(H,21,23);2*1H. The second-order valence-electron chi connectivity index (χ2n) is 6.79. The molecule has 26 heavy (non-hydrogen) atoms. The van der Waals surface area contributed by atoms with Crippen LogP contribution >= 0.6 is 24.8 Å². The summed E-state index contributed by atoms with van der Waals surface area (Å²) in [7, 11) is 0. The number of ether oxygens (including phenoxy) is 1. The van der Waals surface area contributed by atoms with E-state index in [0.717, 1.165) is 18.7 Å². The highest BCUT2D eigenvalue weighted by atomic mass is 35.5. The maximum atomic E-state index is 12.1. The summed E-state index contributed by atoms with van der Waals surface area (Å²) in [5, 5.41) is 6.14. The van der Waals surface area contributed by atoms with Crippen LogP contribution in [0.5, 0.6) is 0 Å². The smallest absolute Gasteiger partial charge is 0.250 e. The molecule has 1 atom stereocenters. The lowest BCUT2D eigenvalue weighted by Gasteiger charge is -2.22. The number of carbonyl (C=O) groups is 1. The van der Waals surface area contributed by atoms with Gasteiger partial charge in [0.25, 0.3) is 5.91 Å². The number of likely N-dealkylation sites (tertiary alicyclic amines) is 1. The van der Waals surface area contributed by atoms with Gasteiger partial charge in [0, 0.05) is 26.2 Å². The lowest BCUT2D eigenvalue weighted by Crippen LogP contribution is -2.47. The molecule has 1 amide bonds. The molecule has 0 spiro atoms. The zero-order valence-electron chi connectivity index (χ0n) is 15.2. The van der Waals surface area contributed by atoms with Gasteiger partial charge in [-0.3, -0.25) is 9.69 Å². The van der Waals surface area contributed by atoms with Crippen LogP contribution in [0.3, 0.4) is 0 Å². The van der Waals surface area contributed by atoms with Crippen molar-refractivity contribution in [1.29, 1.82) is 0 Å². The molecule has 7 heteroatoms. The lowest BCUT2D eigenvalue weighted by atomic mass is 10.1. The van der Waals surface area contributed by atoms with Crippen LogP contribution in [0, 0.1) is 0 Å². The van der Waals surface area contributed by atoms with E-state index in [0.29, 0.717) is 19.7 Å². The Balaban J connectivity index is 0.00000169. The van der Waals surface area contributed by atoms with Gasteiger partial charge in [0.1, 0.15) is 6.10 Å². The summed E-state index contributed by atoms with van der Waals surface area (Å²) < 4.78 is 5.46. The molecule has 0 bridgehead atoms. The highest BCUT2D eigenvalue weighted by molar-refractivity contribution is 5.85. The van der Waals surface area contributed by atoms with Crippen LogP contribution in [0.4, 0.5) is 0 Å². The SMILES string of the molecule is Cl.Cl.O=C(NCc1ccc(CN2CCCCCC2)cc1)C1CNCCO1.